The van der Waals surface area contributed by atoms with E-state index in [0.29, 0.717) is 21.9 Å². The Morgan fingerprint density at radius 1 is 1.22 bits per heavy atom. The molecule has 1 fully saturated rings. The summed E-state index contributed by atoms with van der Waals surface area (Å²) in [5.74, 6) is 0. The average Bonchev–Trinajstić information content (AvgIpc) is 3.14. The molecule has 0 unspecified atom stereocenters. The second-order valence-electron chi connectivity index (χ2n) is 6.35. The first kappa shape index (κ1) is 18.1. The van der Waals surface area contributed by atoms with Crippen LogP contribution in [0.5, 0.6) is 0 Å². The number of aliphatic hydroxyl groups is 3. The summed E-state index contributed by atoms with van der Waals surface area (Å²) in [5, 5.41) is 34.4. The summed E-state index contributed by atoms with van der Waals surface area (Å²) in [6.45, 7) is 1.21. The molecule has 3 aromatic rings. The predicted octanol–water partition coefficient (Wildman–Crippen LogP) is 0.156. The predicted molar refractivity (Wildman–Crippen MR) is 95.9 cm³/mol. The van der Waals surface area contributed by atoms with Crippen molar-refractivity contribution in [1.29, 1.82) is 0 Å². The summed E-state index contributed by atoms with van der Waals surface area (Å²) in [4.78, 5) is 17.4. The van der Waals surface area contributed by atoms with E-state index in [1.165, 1.54) is 15.6 Å². The first-order valence-corrected chi connectivity index (χ1v) is 8.65. The Bertz CT molecular complexity index is 1050. The van der Waals surface area contributed by atoms with Gasteiger partial charge in [-0.05, 0) is 31.2 Å². The maximum atomic E-state index is 13.1. The number of aryl methyl sites for hydroxylation is 1. The number of nitrogens with zero attached hydrogens (tertiary/aromatic N) is 4. The Kier molecular flexibility index (Phi) is 4.49. The highest BCUT2D eigenvalue weighted by Crippen LogP contribution is 2.31. The lowest BCUT2D eigenvalue weighted by Crippen LogP contribution is -2.33. The first-order chi connectivity index (χ1) is 12.9. The molecule has 1 aliphatic heterocycles. The van der Waals surface area contributed by atoms with Crippen molar-refractivity contribution in [1.82, 2.24) is 19.3 Å². The minimum absolute atomic E-state index is 0.125. The smallest absolute Gasteiger partial charge is 0.284 e. The minimum atomic E-state index is -1.35. The van der Waals surface area contributed by atoms with E-state index in [1.807, 2.05) is 0 Å². The van der Waals surface area contributed by atoms with Gasteiger partial charge < -0.3 is 20.1 Å². The molecular weight excluding hydrogens is 376 g/mol. The quantitative estimate of drug-likeness (QED) is 0.580. The SMILES string of the molecule is Cc1nn([C@@H]2O[C@H](CO)[C@@H](O)[C@H]2O)c2c(=O)n(-c3ccc(Cl)cc3)cnc12. The van der Waals surface area contributed by atoms with Crippen molar-refractivity contribution < 1.29 is 20.1 Å². The van der Waals surface area contributed by atoms with E-state index in [0.717, 1.165) is 0 Å². The number of aliphatic hydroxyl groups excluding tert-OH is 3. The lowest BCUT2D eigenvalue weighted by atomic mass is 10.1. The van der Waals surface area contributed by atoms with Gasteiger partial charge in [0.1, 0.15) is 30.2 Å². The summed E-state index contributed by atoms with van der Waals surface area (Å²) in [7, 11) is 0. The van der Waals surface area contributed by atoms with E-state index in [9.17, 15) is 20.1 Å². The molecule has 4 rings (SSSR count). The van der Waals surface area contributed by atoms with Crippen LogP contribution in [0.1, 0.15) is 11.9 Å². The fourth-order valence-corrected chi connectivity index (χ4v) is 3.35. The highest BCUT2D eigenvalue weighted by molar-refractivity contribution is 6.30. The van der Waals surface area contributed by atoms with Gasteiger partial charge in [0.25, 0.3) is 5.56 Å². The number of hydrogen-bond donors (Lipinski definition) is 3. The zero-order valence-electron chi connectivity index (χ0n) is 14.2. The second kappa shape index (κ2) is 6.70. The number of rotatable bonds is 3. The van der Waals surface area contributed by atoms with Crippen molar-refractivity contribution in [3.63, 3.8) is 0 Å². The van der Waals surface area contributed by atoms with Crippen molar-refractivity contribution in [2.45, 2.75) is 31.5 Å². The largest absolute Gasteiger partial charge is 0.394 e. The van der Waals surface area contributed by atoms with Crippen molar-refractivity contribution in [2.75, 3.05) is 6.61 Å². The van der Waals surface area contributed by atoms with Crippen LogP contribution in [0.4, 0.5) is 0 Å². The molecule has 0 saturated carbocycles. The maximum Gasteiger partial charge on any atom is 0.284 e. The van der Waals surface area contributed by atoms with Crippen molar-refractivity contribution in [3.05, 3.63) is 51.7 Å². The molecule has 4 atom stereocenters. The Morgan fingerprint density at radius 2 is 1.93 bits per heavy atom. The Morgan fingerprint density at radius 3 is 2.56 bits per heavy atom. The highest BCUT2D eigenvalue weighted by Gasteiger charge is 2.44. The standard InChI is InChI=1S/C17H17ClN4O5/c1-8-12-13(22(20-8)17-15(25)14(24)11(6-23)27-17)16(26)21(7-19-12)10-4-2-9(18)3-5-10/h2-5,7,11,14-15,17,23-25H,6H2,1H3/t11-,14-,15-,17-/m1/s1. The summed E-state index contributed by atoms with van der Waals surface area (Å²) >= 11 is 5.90. The molecule has 2 aromatic heterocycles. The molecule has 0 spiro atoms. The van der Waals surface area contributed by atoms with Gasteiger partial charge in [0, 0.05) is 5.02 Å². The Balaban J connectivity index is 1.89. The normalized spacial score (nSPS) is 25.4. The number of ether oxygens (including phenoxy) is 1. The van der Waals surface area contributed by atoms with Crippen LogP contribution in [0, 0.1) is 6.92 Å². The van der Waals surface area contributed by atoms with Gasteiger partial charge in [-0.1, -0.05) is 11.6 Å². The van der Waals surface area contributed by atoms with Crippen LogP contribution in [0.15, 0.2) is 35.4 Å². The average molecular weight is 393 g/mol. The fourth-order valence-electron chi connectivity index (χ4n) is 3.23. The monoisotopic (exact) mass is 392 g/mol. The minimum Gasteiger partial charge on any atom is -0.394 e. The summed E-state index contributed by atoms with van der Waals surface area (Å²) in [6, 6.07) is 6.67. The van der Waals surface area contributed by atoms with Crippen molar-refractivity contribution in [3.8, 4) is 5.69 Å². The fraction of sp³-hybridized carbons (Fsp3) is 0.353. The molecule has 27 heavy (non-hydrogen) atoms. The molecule has 10 heteroatoms. The summed E-state index contributed by atoms with van der Waals surface area (Å²) in [5.41, 5.74) is 1.11. The molecule has 3 heterocycles. The van der Waals surface area contributed by atoms with Crippen LogP contribution in [-0.2, 0) is 4.74 Å². The van der Waals surface area contributed by atoms with E-state index in [4.69, 9.17) is 16.3 Å². The molecule has 3 N–H and O–H groups in total. The van der Waals surface area contributed by atoms with Gasteiger partial charge in [0.2, 0.25) is 0 Å². The zero-order chi connectivity index (χ0) is 19.3. The van der Waals surface area contributed by atoms with Gasteiger partial charge >= 0.3 is 0 Å². The van der Waals surface area contributed by atoms with Gasteiger partial charge in [-0.15, -0.1) is 0 Å². The molecule has 0 amide bonds. The van der Waals surface area contributed by atoms with E-state index in [2.05, 4.69) is 10.1 Å². The number of hydrogen-bond acceptors (Lipinski definition) is 7. The molecule has 0 aliphatic carbocycles. The lowest BCUT2D eigenvalue weighted by Gasteiger charge is -2.16. The second-order valence-corrected chi connectivity index (χ2v) is 6.79. The van der Waals surface area contributed by atoms with Gasteiger partial charge in [-0.3, -0.25) is 9.36 Å². The van der Waals surface area contributed by atoms with Crippen LogP contribution in [0.2, 0.25) is 5.02 Å². The van der Waals surface area contributed by atoms with Crippen molar-refractivity contribution >= 4 is 22.6 Å². The topological polar surface area (TPSA) is 123 Å². The van der Waals surface area contributed by atoms with E-state index >= 15 is 0 Å². The van der Waals surface area contributed by atoms with Gasteiger partial charge in [0.15, 0.2) is 11.7 Å². The maximum absolute atomic E-state index is 13.1. The Labute approximate surface area is 158 Å². The van der Waals surface area contributed by atoms with Gasteiger partial charge in [-0.25, -0.2) is 9.67 Å². The van der Waals surface area contributed by atoms with Crippen LogP contribution in [0.25, 0.3) is 16.7 Å². The molecule has 0 bridgehead atoms. The van der Waals surface area contributed by atoms with Gasteiger partial charge in [0.05, 0.1) is 18.0 Å². The molecule has 142 valence electrons. The van der Waals surface area contributed by atoms with Crippen LogP contribution in [-0.4, -0.2) is 59.6 Å². The first-order valence-electron chi connectivity index (χ1n) is 8.27. The molecule has 9 nitrogen and oxygen atoms in total. The summed E-state index contributed by atoms with van der Waals surface area (Å²) < 4.78 is 8.07. The Hall–Kier alpha value is -2.30. The van der Waals surface area contributed by atoms with Crippen LogP contribution < -0.4 is 5.56 Å². The summed E-state index contributed by atoms with van der Waals surface area (Å²) in [6.07, 6.45) is -3.35. The van der Waals surface area contributed by atoms with Crippen molar-refractivity contribution in [2.24, 2.45) is 0 Å². The van der Waals surface area contributed by atoms with E-state index < -0.39 is 36.7 Å². The van der Waals surface area contributed by atoms with E-state index in [1.54, 1.807) is 31.2 Å². The molecule has 1 aliphatic rings. The number of benzene rings is 1. The lowest BCUT2D eigenvalue weighted by molar-refractivity contribution is -0.0566. The third-order valence-electron chi connectivity index (χ3n) is 4.64. The zero-order valence-corrected chi connectivity index (χ0v) is 15.0. The van der Waals surface area contributed by atoms with Gasteiger partial charge in [-0.2, -0.15) is 5.10 Å². The molecular formula is C17H17ClN4O5. The van der Waals surface area contributed by atoms with Crippen LogP contribution in [0.3, 0.4) is 0 Å². The number of halogens is 1. The number of fused-ring (bicyclic) bond motifs is 1. The third kappa shape index (κ3) is 2.84. The molecule has 1 saturated heterocycles. The molecule has 1 aromatic carbocycles. The molecule has 0 radical (unpaired) electrons. The third-order valence-corrected chi connectivity index (χ3v) is 4.89. The van der Waals surface area contributed by atoms with E-state index in [-0.39, 0.29) is 5.52 Å². The number of aromatic nitrogens is 4. The highest BCUT2D eigenvalue weighted by atomic mass is 35.5. The van der Waals surface area contributed by atoms with Crippen LogP contribution >= 0.6 is 11.6 Å².